The molecule has 1 fully saturated rings. The molecule has 5 nitrogen and oxygen atoms in total. The molecule has 0 saturated heterocycles. The van der Waals surface area contributed by atoms with Crippen LogP contribution in [0.3, 0.4) is 0 Å². The number of guanidine groups is 1. The summed E-state index contributed by atoms with van der Waals surface area (Å²) in [5, 5.41) is 6.72. The molecular weight excluding hydrogens is 252 g/mol. The van der Waals surface area contributed by atoms with Gasteiger partial charge in [-0.1, -0.05) is 13.8 Å². The molecule has 1 aliphatic rings. The quantitative estimate of drug-likeness (QED) is 0.469. The Morgan fingerprint density at radius 1 is 1.30 bits per heavy atom. The molecule has 1 aliphatic carbocycles. The standard InChI is InChI=1S/C15H32N4O/c1-5-16-15(18-12-13(2)3)17-8-9-19(10-11-20-4)14-6-7-14/h13-14H,5-12H2,1-4H3,(H2,16,17,18). The van der Waals surface area contributed by atoms with Gasteiger partial charge in [0, 0.05) is 45.9 Å². The Kier molecular flexibility index (Phi) is 8.62. The minimum atomic E-state index is 0.593. The van der Waals surface area contributed by atoms with Gasteiger partial charge in [-0.15, -0.1) is 0 Å². The molecule has 0 atom stereocenters. The second kappa shape index (κ2) is 10.00. The van der Waals surface area contributed by atoms with Crippen LogP contribution in [0.15, 0.2) is 4.99 Å². The fourth-order valence-electron chi connectivity index (χ4n) is 2.06. The molecule has 0 spiro atoms. The van der Waals surface area contributed by atoms with Crippen molar-refractivity contribution < 1.29 is 4.74 Å². The summed E-state index contributed by atoms with van der Waals surface area (Å²) in [6, 6.07) is 0.780. The zero-order valence-electron chi connectivity index (χ0n) is 13.6. The van der Waals surface area contributed by atoms with Crippen LogP contribution in [0.4, 0.5) is 0 Å². The summed E-state index contributed by atoms with van der Waals surface area (Å²) < 4.78 is 5.18. The molecule has 0 heterocycles. The molecule has 0 aliphatic heterocycles. The summed E-state index contributed by atoms with van der Waals surface area (Å²) in [6.07, 6.45) is 2.68. The Hall–Kier alpha value is -0.810. The van der Waals surface area contributed by atoms with Gasteiger partial charge in [-0.3, -0.25) is 9.89 Å². The summed E-state index contributed by atoms with van der Waals surface area (Å²) in [4.78, 5) is 7.10. The molecule has 0 radical (unpaired) electrons. The van der Waals surface area contributed by atoms with E-state index in [-0.39, 0.29) is 0 Å². The number of nitrogens with zero attached hydrogens (tertiary/aromatic N) is 2. The van der Waals surface area contributed by atoms with Gasteiger partial charge in [0.2, 0.25) is 0 Å². The van der Waals surface area contributed by atoms with E-state index in [1.165, 1.54) is 12.8 Å². The predicted octanol–water partition coefficient (Wildman–Crippen LogP) is 1.31. The zero-order valence-corrected chi connectivity index (χ0v) is 13.6. The molecule has 0 aromatic rings. The van der Waals surface area contributed by atoms with Gasteiger partial charge in [-0.25, -0.2) is 0 Å². The summed E-state index contributed by atoms with van der Waals surface area (Å²) >= 11 is 0. The fraction of sp³-hybridized carbons (Fsp3) is 0.933. The van der Waals surface area contributed by atoms with Crippen molar-refractivity contribution in [1.29, 1.82) is 0 Å². The zero-order chi connectivity index (χ0) is 14.8. The van der Waals surface area contributed by atoms with Crippen LogP contribution in [0, 0.1) is 5.92 Å². The normalized spacial score (nSPS) is 16.0. The molecule has 0 aromatic carbocycles. The molecule has 0 amide bonds. The molecule has 1 saturated carbocycles. The monoisotopic (exact) mass is 284 g/mol. The Bertz CT molecular complexity index is 277. The van der Waals surface area contributed by atoms with Crippen molar-refractivity contribution in [3.8, 4) is 0 Å². The van der Waals surface area contributed by atoms with Crippen molar-refractivity contribution in [3.63, 3.8) is 0 Å². The number of hydrogen-bond acceptors (Lipinski definition) is 3. The van der Waals surface area contributed by atoms with Crippen molar-refractivity contribution in [1.82, 2.24) is 15.5 Å². The van der Waals surface area contributed by atoms with E-state index in [9.17, 15) is 0 Å². The summed E-state index contributed by atoms with van der Waals surface area (Å²) in [5.74, 6) is 1.53. The van der Waals surface area contributed by atoms with E-state index in [1.54, 1.807) is 7.11 Å². The number of hydrogen-bond donors (Lipinski definition) is 2. The fourth-order valence-corrected chi connectivity index (χ4v) is 2.06. The van der Waals surface area contributed by atoms with E-state index in [1.807, 2.05) is 0 Å². The Morgan fingerprint density at radius 3 is 2.60 bits per heavy atom. The number of methoxy groups -OCH3 is 1. The van der Waals surface area contributed by atoms with Crippen molar-refractivity contribution in [2.24, 2.45) is 10.9 Å². The molecule has 2 N–H and O–H groups in total. The highest BCUT2D eigenvalue weighted by Crippen LogP contribution is 2.25. The molecule has 1 rings (SSSR count). The van der Waals surface area contributed by atoms with Gasteiger partial charge in [0.05, 0.1) is 6.61 Å². The van der Waals surface area contributed by atoms with Gasteiger partial charge in [0.15, 0.2) is 5.96 Å². The lowest BCUT2D eigenvalue weighted by atomic mass is 10.2. The van der Waals surface area contributed by atoms with E-state index in [4.69, 9.17) is 4.74 Å². The van der Waals surface area contributed by atoms with Crippen molar-refractivity contribution in [2.45, 2.75) is 39.7 Å². The van der Waals surface area contributed by atoms with Gasteiger partial charge in [-0.05, 0) is 25.7 Å². The largest absolute Gasteiger partial charge is 0.383 e. The van der Waals surface area contributed by atoms with Gasteiger partial charge in [0.1, 0.15) is 0 Å². The topological polar surface area (TPSA) is 48.9 Å². The first-order valence-electron chi connectivity index (χ1n) is 7.92. The highest BCUT2D eigenvalue weighted by atomic mass is 16.5. The number of ether oxygens (including phenoxy) is 1. The van der Waals surface area contributed by atoms with Gasteiger partial charge in [-0.2, -0.15) is 0 Å². The van der Waals surface area contributed by atoms with E-state index >= 15 is 0 Å². The van der Waals surface area contributed by atoms with Crippen LogP contribution < -0.4 is 10.6 Å². The lowest BCUT2D eigenvalue weighted by Crippen LogP contribution is -2.43. The predicted molar refractivity (Wildman–Crippen MR) is 85.3 cm³/mol. The van der Waals surface area contributed by atoms with Crippen molar-refractivity contribution >= 4 is 5.96 Å². The second-order valence-electron chi connectivity index (χ2n) is 5.80. The first kappa shape index (κ1) is 17.2. The summed E-state index contributed by atoms with van der Waals surface area (Å²) in [6.45, 7) is 12.1. The van der Waals surface area contributed by atoms with Crippen molar-refractivity contribution in [3.05, 3.63) is 0 Å². The minimum Gasteiger partial charge on any atom is -0.383 e. The molecule has 0 unspecified atom stereocenters. The maximum Gasteiger partial charge on any atom is 0.191 e. The SMILES string of the molecule is CCNC(=NCC(C)C)NCCN(CCOC)C1CC1. The van der Waals surface area contributed by atoms with E-state index in [0.29, 0.717) is 5.92 Å². The van der Waals surface area contributed by atoms with Crippen LogP contribution in [0.5, 0.6) is 0 Å². The maximum atomic E-state index is 5.18. The highest BCUT2D eigenvalue weighted by Gasteiger charge is 2.28. The van der Waals surface area contributed by atoms with Gasteiger partial charge >= 0.3 is 0 Å². The molecule has 0 aromatic heterocycles. The Balaban J connectivity index is 2.28. The Labute approximate surface area is 124 Å². The van der Waals surface area contributed by atoms with E-state index in [0.717, 1.165) is 51.3 Å². The lowest BCUT2D eigenvalue weighted by Gasteiger charge is -2.22. The third-order valence-corrected chi connectivity index (χ3v) is 3.30. The molecule has 20 heavy (non-hydrogen) atoms. The highest BCUT2D eigenvalue weighted by molar-refractivity contribution is 5.79. The molecule has 0 bridgehead atoms. The lowest BCUT2D eigenvalue weighted by molar-refractivity contribution is 0.144. The van der Waals surface area contributed by atoms with Crippen LogP contribution in [0.1, 0.15) is 33.6 Å². The number of nitrogens with one attached hydrogen (secondary N) is 2. The van der Waals surface area contributed by atoms with E-state index < -0.39 is 0 Å². The van der Waals surface area contributed by atoms with Gasteiger partial charge < -0.3 is 15.4 Å². The number of aliphatic imine (C=N–C) groups is 1. The van der Waals surface area contributed by atoms with Crippen molar-refractivity contribution in [2.75, 3.05) is 46.4 Å². The molecule has 118 valence electrons. The average Bonchev–Trinajstić information content (AvgIpc) is 3.24. The van der Waals surface area contributed by atoms with Crippen LogP contribution in [0.25, 0.3) is 0 Å². The first-order valence-corrected chi connectivity index (χ1v) is 7.92. The minimum absolute atomic E-state index is 0.593. The third-order valence-electron chi connectivity index (χ3n) is 3.30. The second-order valence-corrected chi connectivity index (χ2v) is 5.80. The summed E-state index contributed by atoms with van der Waals surface area (Å²) in [7, 11) is 1.77. The third kappa shape index (κ3) is 7.70. The molecule has 5 heteroatoms. The van der Waals surface area contributed by atoms with Gasteiger partial charge in [0.25, 0.3) is 0 Å². The van der Waals surface area contributed by atoms with Crippen LogP contribution in [-0.2, 0) is 4.74 Å². The van der Waals surface area contributed by atoms with Crippen LogP contribution in [0.2, 0.25) is 0 Å². The summed E-state index contributed by atoms with van der Waals surface area (Å²) in [5.41, 5.74) is 0. The number of rotatable bonds is 10. The molecular formula is C15H32N4O. The first-order chi connectivity index (χ1) is 9.67. The smallest absolute Gasteiger partial charge is 0.191 e. The average molecular weight is 284 g/mol. The van der Waals surface area contributed by atoms with Crippen LogP contribution >= 0.6 is 0 Å². The van der Waals surface area contributed by atoms with Crippen LogP contribution in [-0.4, -0.2) is 63.3 Å². The van der Waals surface area contributed by atoms with E-state index in [2.05, 4.69) is 41.3 Å². The Morgan fingerprint density at radius 2 is 2.05 bits per heavy atom. The maximum absolute atomic E-state index is 5.18.